The third-order valence-corrected chi connectivity index (χ3v) is 3.75. The summed E-state index contributed by atoms with van der Waals surface area (Å²) in [5.74, 6) is 1.13. The van der Waals surface area contributed by atoms with Gasteiger partial charge in [0.25, 0.3) is 0 Å². The van der Waals surface area contributed by atoms with E-state index in [1.807, 2.05) is 4.90 Å². The summed E-state index contributed by atoms with van der Waals surface area (Å²) in [5, 5.41) is 7.67. The Labute approximate surface area is 106 Å². The molecule has 1 amide bonds. The van der Waals surface area contributed by atoms with Crippen LogP contribution in [0.15, 0.2) is 18.3 Å². The van der Waals surface area contributed by atoms with E-state index in [4.69, 9.17) is 4.74 Å². The van der Waals surface area contributed by atoms with Gasteiger partial charge in [0.05, 0.1) is 6.54 Å². The van der Waals surface area contributed by atoms with E-state index in [1.165, 1.54) is 6.42 Å². The van der Waals surface area contributed by atoms with E-state index >= 15 is 0 Å². The van der Waals surface area contributed by atoms with Crippen LogP contribution in [0.25, 0.3) is 0 Å². The molecule has 2 fully saturated rings. The Balaban J connectivity index is 1.53. The molecule has 1 saturated carbocycles. The summed E-state index contributed by atoms with van der Waals surface area (Å²) < 4.78 is 5.72. The molecule has 1 aliphatic carbocycles. The Hall–Kier alpha value is -1.65. The standard InChI is InChI=1S/C13H17N3O2/c17-13(10-3-1-4-10)16-8-6-11(9-16)18-12-5-2-7-14-15-12/h2,5,7,10-11H,1,3-4,6,8-9H2. The molecule has 0 bridgehead atoms. The average molecular weight is 247 g/mol. The van der Waals surface area contributed by atoms with Crippen LogP contribution in [0.4, 0.5) is 0 Å². The van der Waals surface area contributed by atoms with Crippen molar-refractivity contribution in [2.75, 3.05) is 13.1 Å². The molecule has 1 saturated heterocycles. The first kappa shape index (κ1) is 11.4. The van der Waals surface area contributed by atoms with Gasteiger partial charge in [-0.25, -0.2) is 0 Å². The van der Waals surface area contributed by atoms with Crippen molar-refractivity contribution in [1.29, 1.82) is 0 Å². The second-order valence-electron chi connectivity index (χ2n) is 5.00. The summed E-state index contributed by atoms with van der Waals surface area (Å²) >= 11 is 0. The third-order valence-electron chi connectivity index (χ3n) is 3.75. The summed E-state index contributed by atoms with van der Waals surface area (Å²) in [6, 6.07) is 3.60. The molecule has 18 heavy (non-hydrogen) atoms. The van der Waals surface area contributed by atoms with Gasteiger partial charge in [0.15, 0.2) is 0 Å². The number of nitrogens with zero attached hydrogens (tertiary/aromatic N) is 3. The number of hydrogen-bond acceptors (Lipinski definition) is 4. The summed E-state index contributed by atoms with van der Waals surface area (Å²) in [7, 11) is 0. The van der Waals surface area contributed by atoms with E-state index in [0.717, 1.165) is 25.8 Å². The SMILES string of the molecule is O=C(C1CCC1)N1CCC(Oc2cccnn2)C1. The second-order valence-corrected chi connectivity index (χ2v) is 5.00. The maximum absolute atomic E-state index is 12.1. The topological polar surface area (TPSA) is 55.3 Å². The quantitative estimate of drug-likeness (QED) is 0.806. The number of hydrogen-bond donors (Lipinski definition) is 0. The van der Waals surface area contributed by atoms with Gasteiger partial charge in [0.2, 0.25) is 11.8 Å². The molecule has 3 rings (SSSR count). The lowest BCUT2D eigenvalue weighted by Gasteiger charge is -2.28. The molecular formula is C13H17N3O2. The zero-order valence-corrected chi connectivity index (χ0v) is 10.3. The molecule has 1 aliphatic heterocycles. The first-order chi connectivity index (χ1) is 8.83. The number of carbonyl (C=O) groups is 1. The molecule has 1 aromatic heterocycles. The molecule has 0 aromatic carbocycles. The van der Waals surface area contributed by atoms with E-state index in [-0.39, 0.29) is 12.0 Å². The number of carbonyl (C=O) groups excluding carboxylic acids is 1. The number of likely N-dealkylation sites (tertiary alicyclic amines) is 1. The summed E-state index contributed by atoms with van der Waals surface area (Å²) in [4.78, 5) is 14.0. The number of rotatable bonds is 3. The predicted molar refractivity (Wildman–Crippen MR) is 65.0 cm³/mol. The monoisotopic (exact) mass is 247 g/mol. The first-order valence-electron chi connectivity index (χ1n) is 6.56. The minimum Gasteiger partial charge on any atom is -0.471 e. The molecule has 1 aromatic rings. The minimum atomic E-state index is 0.0609. The van der Waals surface area contributed by atoms with Crippen molar-refractivity contribution >= 4 is 5.91 Å². The van der Waals surface area contributed by atoms with Crippen LogP contribution < -0.4 is 4.74 Å². The predicted octanol–water partition coefficient (Wildman–Crippen LogP) is 1.26. The molecule has 0 radical (unpaired) electrons. The lowest BCUT2D eigenvalue weighted by Crippen LogP contribution is -2.38. The van der Waals surface area contributed by atoms with E-state index < -0.39 is 0 Å². The Kier molecular flexibility index (Phi) is 3.13. The molecular weight excluding hydrogens is 230 g/mol. The fourth-order valence-electron chi connectivity index (χ4n) is 2.46. The normalized spacial score (nSPS) is 23.8. The van der Waals surface area contributed by atoms with Gasteiger partial charge < -0.3 is 9.64 Å². The Bertz CT molecular complexity index is 420. The van der Waals surface area contributed by atoms with Gasteiger partial charge in [0, 0.05) is 31.1 Å². The van der Waals surface area contributed by atoms with E-state index in [2.05, 4.69) is 10.2 Å². The lowest BCUT2D eigenvalue weighted by molar-refractivity contribution is -0.137. The average Bonchev–Trinajstić information content (AvgIpc) is 2.76. The zero-order valence-electron chi connectivity index (χ0n) is 10.3. The highest BCUT2D eigenvalue weighted by atomic mass is 16.5. The number of ether oxygens (including phenoxy) is 1. The highest BCUT2D eigenvalue weighted by Gasteiger charge is 2.34. The summed E-state index contributed by atoms with van der Waals surface area (Å²) in [6.45, 7) is 1.49. The fourth-order valence-corrected chi connectivity index (χ4v) is 2.46. The largest absolute Gasteiger partial charge is 0.471 e. The molecule has 0 spiro atoms. The van der Waals surface area contributed by atoms with Crippen molar-refractivity contribution in [3.63, 3.8) is 0 Å². The smallest absolute Gasteiger partial charge is 0.233 e. The molecule has 1 atom stereocenters. The summed E-state index contributed by atoms with van der Waals surface area (Å²) in [5.41, 5.74) is 0. The third kappa shape index (κ3) is 2.30. The van der Waals surface area contributed by atoms with Gasteiger partial charge in [-0.05, 0) is 18.9 Å². The van der Waals surface area contributed by atoms with Crippen LogP contribution >= 0.6 is 0 Å². The minimum absolute atomic E-state index is 0.0609. The van der Waals surface area contributed by atoms with Crippen LogP contribution in [0.3, 0.4) is 0 Å². The lowest BCUT2D eigenvalue weighted by atomic mass is 9.84. The zero-order chi connectivity index (χ0) is 12.4. The molecule has 96 valence electrons. The van der Waals surface area contributed by atoms with Crippen LogP contribution in [-0.4, -0.2) is 40.2 Å². The van der Waals surface area contributed by atoms with Crippen molar-refractivity contribution < 1.29 is 9.53 Å². The maximum atomic E-state index is 12.1. The van der Waals surface area contributed by atoms with Crippen LogP contribution in [0.2, 0.25) is 0 Å². The molecule has 2 heterocycles. The first-order valence-corrected chi connectivity index (χ1v) is 6.56. The van der Waals surface area contributed by atoms with Gasteiger partial charge >= 0.3 is 0 Å². The molecule has 0 N–H and O–H groups in total. The molecule has 2 aliphatic rings. The number of aromatic nitrogens is 2. The van der Waals surface area contributed by atoms with Crippen molar-refractivity contribution in [3.05, 3.63) is 18.3 Å². The van der Waals surface area contributed by atoms with Gasteiger partial charge in [0.1, 0.15) is 6.10 Å². The van der Waals surface area contributed by atoms with Gasteiger partial charge in [-0.1, -0.05) is 6.42 Å². The van der Waals surface area contributed by atoms with Crippen LogP contribution in [0.5, 0.6) is 5.88 Å². The van der Waals surface area contributed by atoms with Crippen LogP contribution in [0, 0.1) is 5.92 Å². The summed E-state index contributed by atoms with van der Waals surface area (Å²) in [6.07, 6.45) is 5.88. The van der Waals surface area contributed by atoms with E-state index in [0.29, 0.717) is 18.3 Å². The van der Waals surface area contributed by atoms with Gasteiger partial charge in [-0.15, -0.1) is 5.10 Å². The highest BCUT2D eigenvalue weighted by Crippen LogP contribution is 2.29. The van der Waals surface area contributed by atoms with E-state index in [9.17, 15) is 4.79 Å². The van der Waals surface area contributed by atoms with Crippen LogP contribution in [0.1, 0.15) is 25.7 Å². The maximum Gasteiger partial charge on any atom is 0.233 e. The highest BCUT2D eigenvalue weighted by molar-refractivity contribution is 5.79. The van der Waals surface area contributed by atoms with Crippen molar-refractivity contribution in [2.24, 2.45) is 5.92 Å². The van der Waals surface area contributed by atoms with Gasteiger partial charge in [-0.3, -0.25) is 4.79 Å². The molecule has 1 unspecified atom stereocenters. The Morgan fingerprint density at radius 3 is 2.94 bits per heavy atom. The fraction of sp³-hybridized carbons (Fsp3) is 0.615. The van der Waals surface area contributed by atoms with E-state index in [1.54, 1.807) is 18.3 Å². The molecule has 5 heteroatoms. The number of amides is 1. The van der Waals surface area contributed by atoms with Crippen molar-refractivity contribution in [3.8, 4) is 5.88 Å². The van der Waals surface area contributed by atoms with Gasteiger partial charge in [-0.2, -0.15) is 5.10 Å². The Morgan fingerprint density at radius 2 is 2.28 bits per heavy atom. The Morgan fingerprint density at radius 1 is 1.39 bits per heavy atom. The van der Waals surface area contributed by atoms with Crippen molar-refractivity contribution in [2.45, 2.75) is 31.8 Å². The van der Waals surface area contributed by atoms with Crippen LogP contribution in [-0.2, 0) is 4.79 Å². The molecule has 5 nitrogen and oxygen atoms in total. The van der Waals surface area contributed by atoms with Crippen molar-refractivity contribution in [1.82, 2.24) is 15.1 Å². The second kappa shape index (κ2) is 4.92.